The van der Waals surface area contributed by atoms with Crippen molar-refractivity contribution in [3.63, 3.8) is 0 Å². The number of carbonyl (C=O) groups excluding carboxylic acids is 3. The molecule has 164 valence electrons. The molecule has 2 aliphatic rings. The Hall–Kier alpha value is -2.75. The van der Waals surface area contributed by atoms with Gasteiger partial charge in [0.05, 0.1) is 31.1 Å². The fraction of sp³-hybridized carbons (Fsp3) is 0.650. The predicted molar refractivity (Wildman–Crippen MR) is 108 cm³/mol. The number of rotatable bonds is 9. The monoisotopic (exact) mass is 418 g/mol. The summed E-state index contributed by atoms with van der Waals surface area (Å²) in [6, 6.07) is -0.871. The number of methoxy groups -OCH3 is 1. The van der Waals surface area contributed by atoms with Gasteiger partial charge in [-0.3, -0.25) is 19.6 Å². The number of urea groups is 1. The van der Waals surface area contributed by atoms with Crippen LogP contribution in [-0.2, 0) is 20.9 Å². The molecule has 2 fully saturated rings. The van der Waals surface area contributed by atoms with Crippen LogP contribution in [0.1, 0.15) is 26.0 Å². The lowest BCUT2D eigenvalue weighted by Gasteiger charge is -2.42. The standard InChI is InChI=1S/C20H30N6O4/c1-14(2)8-17-19(28)24(6-7-30-3)11-16-12-25(20(29)26(16)17)13-18(27)23-10-15-9-21-4-5-22-15/h4-5,9,14,16-17H,6-8,10-13H2,1-3H3,(H,23,27)/t16-,17-/m0/s1. The molecule has 2 saturated heterocycles. The Kier molecular flexibility index (Phi) is 7.20. The predicted octanol–water partition coefficient (Wildman–Crippen LogP) is 0.102. The molecule has 1 aromatic rings. The van der Waals surface area contributed by atoms with Gasteiger partial charge in [-0.25, -0.2) is 4.79 Å². The van der Waals surface area contributed by atoms with Crippen molar-refractivity contribution in [2.45, 2.75) is 38.9 Å². The van der Waals surface area contributed by atoms with Crippen molar-refractivity contribution < 1.29 is 19.1 Å². The van der Waals surface area contributed by atoms with Crippen molar-refractivity contribution >= 4 is 17.8 Å². The van der Waals surface area contributed by atoms with E-state index in [1.807, 2.05) is 13.8 Å². The van der Waals surface area contributed by atoms with Crippen LogP contribution in [0.15, 0.2) is 18.6 Å². The number of amides is 4. The molecule has 30 heavy (non-hydrogen) atoms. The third kappa shape index (κ3) is 5.05. The number of hydrogen-bond donors (Lipinski definition) is 1. The average Bonchev–Trinajstić information content (AvgIpc) is 3.02. The molecule has 4 amide bonds. The van der Waals surface area contributed by atoms with E-state index in [2.05, 4.69) is 15.3 Å². The van der Waals surface area contributed by atoms with Gasteiger partial charge >= 0.3 is 6.03 Å². The number of fused-ring (bicyclic) bond motifs is 1. The van der Waals surface area contributed by atoms with Crippen LogP contribution in [0.3, 0.4) is 0 Å². The Morgan fingerprint density at radius 3 is 2.70 bits per heavy atom. The number of carbonyl (C=O) groups is 3. The number of ether oxygens (including phenoxy) is 1. The first-order chi connectivity index (χ1) is 14.4. The Morgan fingerprint density at radius 2 is 2.03 bits per heavy atom. The van der Waals surface area contributed by atoms with E-state index in [0.717, 1.165) is 0 Å². The van der Waals surface area contributed by atoms with Crippen LogP contribution in [-0.4, -0.2) is 94.5 Å². The maximum Gasteiger partial charge on any atom is 0.321 e. The molecule has 1 aromatic heterocycles. The molecule has 3 heterocycles. The highest BCUT2D eigenvalue weighted by Crippen LogP contribution is 2.28. The lowest BCUT2D eigenvalue weighted by atomic mass is 9.97. The second-order valence-electron chi connectivity index (χ2n) is 8.12. The van der Waals surface area contributed by atoms with Crippen molar-refractivity contribution in [1.29, 1.82) is 0 Å². The van der Waals surface area contributed by atoms with E-state index in [1.165, 1.54) is 4.90 Å². The van der Waals surface area contributed by atoms with Gasteiger partial charge < -0.3 is 24.8 Å². The van der Waals surface area contributed by atoms with Crippen molar-refractivity contribution in [2.75, 3.05) is 39.9 Å². The highest BCUT2D eigenvalue weighted by Gasteiger charge is 2.49. The molecular weight excluding hydrogens is 388 g/mol. The van der Waals surface area contributed by atoms with Crippen molar-refractivity contribution in [3.05, 3.63) is 24.3 Å². The summed E-state index contributed by atoms with van der Waals surface area (Å²) in [6.45, 7) is 6.11. The van der Waals surface area contributed by atoms with Crippen LogP contribution < -0.4 is 5.32 Å². The molecule has 0 radical (unpaired) electrons. The van der Waals surface area contributed by atoms with Gasteiger partial charge in [-0.15, -0.1) is 0 Å². The van der Waals surface area contributed by atoms with E-state index >= 15 is 0 Å². The van der Waals surface area contributed by atoms with Crippen LogP contribution in [0.25, 0.3) is 0 Å². The molecule has 10 heteroatoms. The number of hydrogen-bond acceptors (Lipinski definition) is 6. The van der Waals surface area contributed by atoms with E-state index in [0.29, 0.717) is 38.4 Å². The molecule has 2 atom stereocenters. The van der Waals surface area contributed by atoms with Crippen LogP contribution in [0.2, 0.25) is 0 Å². The Labute approximate surface area is 176 Å². The lowest BCUT2D eigenvalue weighted by molar-refractivity contribution is -0.143. The second kappa shape index (κ2) is 9.84. The van der Waals surface area contributed by atoms with Crippen molar-refractivity contribution in [2.24, 2.45) is 5.92 Å². The van der Waals surface area contributed by atoms with E-state index in [-0.39, 0.29) is 42.9 Å². The molecule has 0 bridgehead atoms. The van der Waals surface area contributed by atoms with Gasteiger partial charge in [0.1, 0.15) is 12.6 Å². The second-order valence-corrected chi connectivity index (χ2v) is 8.12. The van der Waals surface area contributed by atoms with Gasteiger partial charge in [-0.1, -0.05) is 13.8 Å². The molecule has 0 spiro atoms. The summed E-state index contributed by atoms with van der Waals surface area (Å²) in [5.41, 5.74) is 0.646. The molecule has 3 rings (SSSR count). The molecule has 0 unspecified atom stereocenters. The summed E-state index contributed by atoms with van der Waals surface area (Å²) >= 11 is 0. The fourth-order valence-electron chi connectivity index (χ4n) is 3.98. The Morgan fingerprint density at radius 1 is 1.27 bits per heavy atom. The van der Waals surface area contributed by atoms with Gasteiger partial charge in [-0.2, -0.15) is 0 Å². The first kappa shape index (κ1) is 21.9. The first-order valence-electron chi connectivity index (χ1n) is 10.3. The number of aromatic nitrogens is 2. The van der Waals surface area contributed by atoms with Crippen LogP contribution >= 0.6 is 0 Å². The normalized spacial score (nSPS) is 21.4. The summed E-state index contributed by atoms with van der Waals surface area (Å²) in [5.74, 6) is -0.0461. The maximum atomic E-state index is 13.1. The third-order valence-electron chi connectivity index (χ3n) is 5.36. The zero-order valence-electron chi connectivity index (χ0n) is 17.8. The number of nitrogens with one attached hydrogen (secondary N) is 1. The van der Waals surface area contributed by atoms with Crippen LogP contribution in [0, 0.1) is 5.92 Å². The molecular formula is C20H30N6O4. The minimum atomic E-state index is -0.499. The molecule has 2 aliphatic heterocycles. The van der Waals surface area contributed by atoms with Crippen molar-refractivity contribution in [3.8, 4) is 0 Å². The minimum Gasteiger partial charge on any atom is -0.383 e. The van der Waals surface area contributed by atoms with E-state index in [1.54, 1.807) is 35.5 Å². The van der Waals surface area contributed by atoms with E-state index in [9.17, 15) is 14.4 Å². The average molecular weight is 418 g/mol. The zero-order chi connectivity index (χ0) is 21.7. The van der Waals surface area contributed by atoms with Gasteiger partial charge in [0.15, 0.2) is 0 Å². The highest BCUT2D eigenvalue weighted by atomic mass is 16.5. The number of nitrogens with zero attached hydrogens (tertiary/aromatic N) is 5. The van der Waals surface area contributed by atoms with Gasteiger partial charge in [0.25, 0.3) is 0 Å². The molecule has 1 N–H and O–H groups in total. The molecule has 10 nitrogen and oxygen atoms in total. The number of piperazine rings is 1. The quantitative estimate of drug-likeness (QED) is 0.610. The Balaban J connectivity index is 1.65. The Bertz CT molecular complexity index is 759. The van der Waals surface area contributed by atoms with Gasteiger partial charge in [0, 0.05) is 39.1 Å². The molecule has 0 aliphatic carbocycles. The third-order valence-corrected chi connectivity index (χ3v) is 5.36. The van der Waals surface area contributed by atoms with E-state index in [4.69, 9.17) is 4.74 Å². The van der Waals surface area contributed by atoms with Crippen LogP contribution in [0.4, 0.5) is 4.79 Å². The minimum absolute atomic E-state index is 0.0423. The summed E-state index contributed by atoms with van der Waals surface area (Å²) in [5, 5.41) is 2.77. The molecule has 0 saturated carbocycles. The zero-order valence-corrected chi connectivity index (χ0v) is 17.8. The van der Waals surface area contributed by atoms with Crippen LogP contribution in [0.5, 0.6) is 0 Å². The van der Waals surface area contributed by atoms with Gasteiger partial charge in [-0.05, 0) is 12.3 Å². The smallest absolute Gasteiger partial charge is 0.321 e. The summed E-state index contributed by atoms with van der Waals surface area (Å²) in [7, 11) is 1.60. The van der Waals surface area contributed by atoms with E-state index < -0.39 is 6.04 Å². The first-order valence-corrected chi connectivity index (χ1v) is 10.3. The summed E-state index contributed by atoms with van der Waals surface area (Å²) in [6.07, 6.45) is 5.30. The largest absolute Gasteiger partial charge is 0.383 e. The summed E-state index contributed by atoms with van der Waals surface area (Å²) < 4.78 is 5.13. The summed E-state index contributed by atoms with van der Waals surface area (Å²) in [4.78, 5) is 51.5. The van der Waals surface area contributed by atoms with Gasteiger partial charge in [0.2, 0.25) is 11.8 Å². The highest BCUT2D eigenvalue weighted by molar-refractivity contribution is 5.91. The molecule has 0 aromatic carbocycles. The topological polar surface area (TPSA) is 108 Å². The lowest BCUT2D eigenvalue weighted by Crippen LogP contribution is -2.61. The maximum absolute atomic E-state index is 13.1. The SMILES string of the molecule is COCCN1C[C@H]2CN(CC(=O)NCc3cnccn3)C(=O)N2[C@@H](CC(C)C)C1=O. The van der Waals surface area contributed by atoms with Crippen molar-refractivity contribution in [1.82, 2.24) is 30.0 Å². The fourth-order valence-corrected chi connectivity index (χ4v) is 3.98.